The summed E-state index contributed by atoms with van der Waals surface area (Å²) in [6, 6.07) is 7.07. The van der Waals surface area contributed by atoms with E-state index in [0.717, 1.165) is 50.5 Å². The highest BCUT2D eigenvalue weighted by Gasteiger charge is 2.35. The fourth-order valence-electron chi connectivity index (χ4n) is 4.14. The zero-order valence-electron chi connectivity index (χ0n) is 15.7. The number of carboxylic acid groups (broad SMARTS) is 1. The van der Waals surface area contributed by atoms with Gasteiger partial charge in [0.15, 0.2) is 0 Å². The summed E-state index contributed by atoms with van der Waals surface area (Å²) in [5, 5.41) is 20.0. The Morgan fingerprint density at radius 1 is 1.26 bits per heavy atom. The molecule has 1 heterocycles. The molecular formula is C21H29NO4S. The Morgan fingerprint density at radius 3 is 2.78 bits per heavy atom. The highest BCUT2D eigenvalue weighted by molar-refractivity contribution is 8.00. The second-order valence-electron chi connectivity index (χ2n) is 7.79. The van der Waals surface area contributed by atoms with E-state index in [4.69, 9.17) is 5.11 Å². The Hall–Kier alpha value is -1.53. The molecule has 1 unspecified atom stereocenters. The van der Waals surface area contributed by atoms with Crippen molar-refractivity contribution in [1.82, 2.24) is 4.90 Å². The molecule has 0 aromatic heterocycles. The third kappa shape index (κ3) is 5.48. The number of amides is 1. The molecule has 0 spiro atoms. The van der Waals surface area contributed by atoms with Crippen LogP contribution in [-0.2, 0) is 11.2 Å². The number of carbonyl (C=O) groups is 2. The first-order chi connectivity index (χ1) is 13.0. The number of rotatable bonds is 8. The van der Waals surface area contributed by atoms with Crippen LogP contribution in [0.25, 0.3) is 0 Å². The van der Waals surface area contributed by atoms with E-state index in [-0.39, 0.29) is 11.3 Å². The molecule has 148 valence electrons. The number of thioether (sulfide) groups is 1. The van der Waals surface area contributed by atoms with Crippen molar-refractivity contribution < 1.29 is 19.8 Å². The first kappa shape index (κ1) is 20.2. The molecule has 2 aliphatic rings. The monoisotopic (exact) mass is 391 g/mol. The van der Waals surface area contributed by atoms with Crippen molar-refractivity contribution in [2.45, 2.75) is 68.8 Å². The van der Waals surface area contributed by atoms with Crippen LogP contribution < -0.4 is 0 Å². The molecule has 1 aromatic carbocycles. The van der Waals surface area contributed by atoms with Gasteiger partial charge in [-0.2, -0.15) is 0 Å². The molecule has 2 N–H and O–H groups in total. The molecule has 1 saturated heterocycles. The van der Waals surface area contributed by atoms with Gasteiger partial charge in [-0.1, -0.05) is 31.4 Å². The topological polar surface area (TPSA) is 77.8 Å². The highest BCUT2D eigenvalue weighted by Crippen LogP contribution is 2.34. The third-order valence-corrected chi connectivity index (χ3v) is 7.05. The number of aliphatic hydroxyl groups is 1. The Kier molecular flexibility index (Phi) is 6.82. The summed E-state index contributed by atoms with van der Waals surface area (Å²) in [4.78, 5) is 25.3. The van der Waals surface area contributed by atoms with E-state index >= 15 is 0 Å². The minimum atomic E-state index is -0.902. The summed E-state index contributed by atoms with van der Waals surface area (Å²) in [6.45, 7) is 0.640. The number of hydrogen-bond donors (Lipinski definition) is 2. The van der Waals surface area contributed by atoms with Crippen molar-refractivity contribution in [3.05, 3.63) is 35.4 Å². The van der Waals surface area contributed by atoms with E-state index in [2.05, 4.69) is 0 Å². The van der Waals surface area contributed by atoms with Gasteiger partial charge >= 0.3 is 5.97 Å². The zero-order valence-corrected chi connectivity index (χ0v) is 16.5. The molecule has 1 amide bonds. The third-order valence-electron chi connectivity index (χ3n) is 5.76. The van der Waals surface area contributed by atoms with Crippen LogP contribution >= 0.6 is 11.8 Å². The van der Waals surface area contributed by atoms with Gasteiger partial charge in [-0.25, -0.2) is 4.79 Å². The summed E-state index contributed by atoms with van der Waals surface area (Å²) in [5.41, 5.74) is 0.751. The van der Waals surface area contributed by atoms with Gasteiger partial charge in [-0.3, -0.25) is 4.79 Å². The van der Waals surface area contributed by atoms with E-state index in [9.17, 15) is 14.7 Å². The molecule has 1 aromatic rings. The summed E-state index contributed by atoms with van der Waals surface area (Å²) in [6.07, 6.45) is 8.36. The van der Waals surface area contributed by atoms with Crippen molar-refractivity contribution in [3.8, 4) is 0 Å². The minimum absolute atomic E-state index is 0.173. The molecule has 1 aliphatic heterocycles. The lowest BCUT2D eigenvalue weighted by Gasteiger charge is -2.34. The molecule has 6 heteroatoms. The van der Waals surface area contributed by atoms with Crippen LogP contribution in [0.4, 0.5) is 0 Å². The van der Waals surface area contributed by atoms with Gasteiger partial charge in [0.05, 0.1) is 22.3 Å². The molecule has 5 nitrogen and oxygen atoms in total. The van der Waals surface area contributed by atoms with Crippen LogP contribution in [0.5, 0.6) is 0 Å². The summed E-state index contributed by atoms with van der Waals surface area (Å²) < 4.78 is 0. The van der Waals surface area contributed by atoms with Crippen LogP contribution in [0, 0.1) is 0 Å². The first-order valence-corrected chi connectivity index (χ1v) is 11.0. The summed E-state index contributed by atoms with van der Waals surface area (Å²) in [5.74, 6) is -0.199. The normalized spacial score (nSPS) is 22.2. The molecule has 0 radical (unpaired) electrons. The summed E-state index contributed by atoms with van der Waals surface area (Å²) >= 11 is 1.69. The number of hydrogen-bond acceptors (Lipinski definition) is 4. The maximum atomic E-state index is 12.3. The minimum Gasteiger partial charge on any atom is -0.478 e. The van der Waals surface area contributed by atoms with Crippen molar-refractivity contribution >= 4 is 23.6 Å². The lowest BCUT2D eigenvalue weighted by Crippen LogP contribution is -2.40. The average molecular weight is 392 g/mol. The van der Waals surface area contributed by atoms with Crippen molar-refractivity contribution in [1.29, 1.82) is 0 Å². The van der Waals surface area contributed by atoms with E-state index in [1.807, 2.05) is 11.0 Å². The predicted octanol–water partition coefficient (Wildman–Crippen LogP) is 3.69. The van der Waals surface area contributed by atoms with Gasteiger partial charge < -0.3 is 15.1 Å². The molecule has 2 fully saturated rings. The number of carbonyl (C=O) groups excluding carboxylic acids is 1. The molecule has 3 rings (SSSR count). The largest absolute Gasteiger partial charge is 0.478 e. The Balaban J connectivity index is 1.49. The predicted molar refractivity (Wildman–Crippen MR) is 107 cm³/mol. The van der Waals surface area contributed by atoms with Gasteiger partial charge in [0.2, 0.25) is 5.91 Å². The number of aromatic carboxylic acids is 1. The van der Waals surface area contributed by atoms with E-state index in [1.165, 1.54) is 6.42 Å². The Bertz CT molecular complexity index is 672. The van der Waals surface area contributed by atoms with Gasteiger partial charge in [0.1, 0.15) is 0 Å². The molecule has 1 saturated carbocycles. The smallest absolute Gasteiger partial charge is 0.335 e. The van der Waals surface area contributed by atoms with Crippen molar-refractivity contribution in [2.75, 3.05) is 12.3 Å². The Labute approximate surface area is 165 Å². The molecule has 1 aliphatic carbocycles. The zero-order chi connectivity index (χ0) is 19.3. The number of nitrogens with zero attached hydrogens (tertiary/aromatic N) is 1. The van der Waals surface area contributed by atoms with Crippen LogP contribution in [0.15, 0.2) is 24.3 Å². The van der Waals surface area contributed by atoms with Gasteiger partial charge in [-0.15, -0.1) is 11.8 Å². The van der Waals surface area contributed by atoms with E-state index in [0.29, 0.717) is 24.3 Å². The fourth-order valence-corrected chi connectivity index (χ4v) is 5.38. The van der Waals surface area contributed by atoms with Gasteiger partial charge in [0, 0.05) is 6.54 Å². The maximum Gasteiger partial charge on any atom is 0.335 e. The van der Waals surface area contributed by atoms with E-state index in [1.54, 1.807) is 30.0 Å². The van der Waals surface area contributed by atoms with Gasteiger partial charge in [0.25, 0.3) is 0 Å². The lowest BCUT2D eigenvalue weighted by atomic mass is 9.82. The van der Waals surface area contributed by atoms with Crippen LogP contribution in [0.2, 0.25) is 0 Å². The quantitative estimate of drug-likeness (QED) is 0.707. The highest BCUT2D eigenvalue weighted by atomic mass is 32.2. The second kappa shape index (κ2) is 9.11. The van der Waals surface area contributed by atoms with E-state index < -0.39 is 11.6 Å². The second-order valence-corrected chi connectivity index (χ2v) is 8.95. The number of carboxylic acids is 1. The molecular weight excluding hydrogens is 362 g/mol. The van der Waals surface area contributed by atoms with Crippen molar-refractivity contribution in [2.24, 2.45) is 0 Å². The molecule has 1 atom stereocenters. The Morgan fingerprint density at radius 2 is 2.04 bits per heavy atom. The maximum absolute atomic E-state index is 12.3. The van der Waals surface area contributed by atoms with Crippen LogP contribution in [0.3, 0.4) is 0 Å². The average Bonchev–Trinajstić information content (AvgIpc) is 3.01. The van der Waals surface area contributed by atoms with Gasteiger partial charge in [-0.05, 0) is 56.2 Å². The van der Waals surface area contributed by atoms with Crippen molar-refractivity contribution in [3.63, 3.8) is 0 Å². The first-order valence-electron chi connectivity index (χ1n) is 9.93. The SMILES string of the molecule is O=C(O)c1cccc(CCCC2SCC(=O)N2CCC2(O)CCCCC2)c1. The number of aryl methyl sites for hydroxylation is 1. The molecule has 0 bridgehead atoms. The van der Waals surface area contributed by atoms with Crippen LogP contribution in [0.1, 0.15) is 67.3 Å². The molecule has 27 heavy (non-hydrogen) atoms. The van der Waals surface area contributed by atoms with Crippen LogP contribution in [-0.4, -0.2) is 50.3 Å². The summed E-state index contributed by atoms with van der Waals surface area (Å²) in [7, 11) is 0. The lowest BCUT2D eigenvalue weighted by molar-refractivity contribution is -0.129. The number of benzene rings is 1. The standard InChI is InChI=1S/C21H29NO4S/c23-18-15-27-19(22(18)13-12-21(26)10-2-1-3-11-21)9-5-7-16-6-4-8-17(14-16)20(24)25/h4,6,8,14,19,26H,1-3,5,7,9-13,15H2,(H,24,25). The fraction of sp³-hybridized carbons (Fsp3) is 0.619.